The van der Waals surface area contributed by atoms with Crippen molar-refractivity contribution in [1.82, 2.24) is 0 Å². The molecule has 26 heavy (non-hydrogen) atoms. The van der Waals surface area contributed by atoms with E-state index in [2.05, 4.69) is 6.08 Å². The molecule has 6 nitrogen and oxygen atoms in total. The second kappa shape index (κ2) is 7.99. The number of carbonyl (C=O) groups excluding carboxylic acids is 2. The van der Waals surface area contributed by atoms with E-state index < -0.39 is 0 Å². The summed E-state index contributed by atoms with van der Waals surface area (Å²) in [6, 6.07) is 0. The van der Waals surface area contributed by atoms with Gasteiger partial charge in [0, 0.05) is 18.8 Å². The van der Waals surface area contributed by atoms with Crippen LogP contribution in [0.2, 0.25) is 0 Å². The molecule has 0 N–H and O–H groups in total. The van der Waals surface area contributed by atoms with Crippen molar-refractivity contribution in [3.8, 4) is 0 Å². The molecule has 0 bridgehead atoms. The van der Waals surface area contributed by atoms with E-state index in [9.17, 15) is 9.59 Å². The number of unbranched alkanes of at least 4 members (excludes halogenated alkanes) is 1. The average molecular weight is 364 g/mol. The molecular formula is C20H28O6. The predicted octanol–water partition coefficient (Wildman–Crippen LogP) is 2.89. The van der Waals surface area contributed by atoms with Gasteiger partial charge in [-0.1, -0.05) is 0 Å². The van der Waals surface area contributed by atoms with Gasteiger partial charge in [-0.3, -0.25) is 9.59 Å². The van der Waals surface area contributed by atoms with Crippen LogP contribution in [-0.4, -0.2) is 43.5 Å². The lowest BCUT2D eigenvalue weighted by Crippen LogP contribution is -2.20. The lowest BCUT2D eigenvalue weighted by molar-refractivity contribution is -0.147. The van der Waals surface area contributed by atoms with E-state index in [4.69, 9.17) is 18.9 Å². The van der Waals surface area contributed by atoms with Crippen molar-refractivity contribution in [1.29, 1.82) is 0 Å². The molecule has 3 fully saturated rings. The summed E-state index contributed by atoms with van der Waals surface area (Å²) in [5.41, 5.74) is 0. The molecular weight excluding hydrogens is 336 g/mol. The first-order valence-electron chi connectivity index (χ1n) is 10.0. The number of carbonyl (C=O) groups is 2. The molecule has 0 spiro atoms. The van der Waals surface area contributed by atoms with Gasteiger partial charge in [-0.2, -0.15) is 0 Å². The zero-order valence-electron chi connectivity index (χ0n) is 15.2. The number of hydrogen-bond donors (Lipinski definition) is 0. The SMILES string of the molecule is O=C(CCCCC(=O)OCC1CCC2OC2C1)OCC1C=C2OC2CC1. The van der Waals surface area contributed by atoms with Gasteiger partial charge in [0.15, 0.2) is 6.10 Å². The summed E-state index contributed by atoms with van der Waals surface area (Å²) in [7, 11) is 0. The van der Waals surface area contributed by atoms with Gasteiger partial charge in [0.05, 0.1) is 25.4 Å². The minimum Gasteiger partial charge on any atom is -0.483 e. The molecule has 4 rings (SSSR count). The Hall–Kier alpha value is -1.56. The highest BCUT2D eigenvalue weighted by Gasteiger charge is 2.44. The van der Waals surface area contributed by atoms with Crippen LogP contribution in [-0.2, 0) is 28.5 Å². The van der Waals surface area contributed by atoms with Crippen molar-refractivity contribution in [2.75, 3.05) is 13.2 Å². The quantitative estimate of drug-likeness (QED) is 0.356. The van der Waals surface area contributed by atoms with Gasteiger partial charge in [-0.15, -0.1) is 0 Å². The topological polar surface area (TPSA) is 77.7 Å². The highest BCUT2D eigenvalue weighted by atomic mass is 16.6. The van der Waals surface area contributed by atoms with Gasteiger partial charge in [-0.25, -0.2) is 0 Å². The zero-order chi connectivity index (χ0) is 17.9. The molecule has 5 atom stereocenters. The number of esters is 2. The summed E-state index contributed by atoms with van der Waals surface area (Å²) < 4.78 is 21.5. The molecule has 5 unspecified atom stereocenters. The lowest BCUT2D eigenvalue weighted by atomic mass is 9.90. The molecule has 0 amide bonds. The molecule has 0 aromatic carbocycles. The van der Waals surface area contributed by atoms with Crippen molar-refractivity contribution in [2.45, 2.75) is 76.1 Å². The van der Waals surface area contributed by atoms with E-state index in [1.54, 1.807) is 0 Å². The van der Waals surface area contributed by atoms with Gasteiger partial charge in [0.2, 0.25) is 0 Å². The van der Waals surface area contributed by atoms with Gasteiger partial charge in [0.1, 0.15) is 5.76 Å². The number of rotatable bonds is 9. The van der Waals surface area contributed by atoms with Crippen LogP contribution in [0.3, 0.4) is 0 Å². The number of fused-ring (bicyclic) bond motifs is 2. The van der Waals surface area contributed by atoms with Crippen LogP contribution in [0, 0.1) is 11.8 Å². The maximum Gasteiger partial charge on any atom is 0.305 e. The van der Waals surface area contributed by atoms with Crippen LogP contribution in [0.5, 0.6) is 0 Å². The Balaban J connectivity index is 1.01. The van der Waals surface area contributed by atoms with Crippen LogP contribution in [0.15, 0.2) is 11.8 Å². The molecule has 1 saturated carbocycles. The summed E-state index contributed by atoms with van der Waals surface area (Å²) in [6.07, 6.45) is 10.6. The van der Waals surface area contributed by atoms with Crippen molar-refractivity contribution >= 4 is 11.9 Å². The first-order chi connectivity index (χ1) is 12.7. The standard InChI is InChI=1S/C20H28O6/c21-19(23-11-13-5-7-15-17(9-13)25-15)3-1-2-4-20(22)24-12-14-6-8-16-18(10-14)26-16/h9,13-16,18H,1-8,10-12H2. The number of hydrogen-bond acceptors (Lipinski definition) is 6. The molecule has 2 aliphatic heterocycles. The van der Waals surface area contributed by atoms with Gasteiger partial charge < -0.3 is 18.9 Å². The van der Waals surface area contributed by atoms with E-state index in [0.29, 0.717) is 69.0 Å². The Labute approximate surface area is 154 Å². The molecule has 0 aromatic rings. The van der Waals surface area contributed by atoms with Crippen molar-refractivity contribution < 1.29 is 28.5 Å². The van der Waals surface area contributed by atoms with Crippen molar-refractivity contribution in [3.05, 3.63) is 11.8 Å². The molecule has 0 radical (unpaired) electrons. The molecule has 2 aliphatic carbocycles. The maximum absolute atomic E-state index is 11.8. The fraction of sp³-hybridized carbons (Fsp3) is 0.800. The van der Waals surface area contributed by atoms with Crippen LogP contribution in [0.25, 0.3) is 0 Å². The lowest BCUT2D eigenvalue weighted by Gasteiger charge is -2.18. The van der Waals surface area contributed by atoms with E-state index >= 15 is 0 Å². The maximum atomic E-state index is 11.8. The van der Waals surface area contributed by atoms with E-state index in [1.807, 2.05) is 0 Å². The Morgan fingerprint density at radius 1 is 0.962 bits per heavy atom. The zero-order valence-corrected chi connectivity index (χ0v) is 15.2. The predicted molar refractivity (Wildman–Crippen MR) is 92.1 cm³/mol. The van der Waals surface area contributed by atoms with E-state index in [1.165, 1.54) is 0 Å². The van der Waals surface area contributed by atoms with Gasteiger partial charge in [-0.05, 0) is 56.9 Å². The van der Waals surface area contributed by atoms with E-state index in [0.717, 1.165) is 37.9 Å². The molecule has 2 saturated heterocycles. The average Bonchev–Trinajstić information content (AvgIpc) is 3.55. The van der Waals surface area contributed by atoms with E-state index in [-0.39, 0.29) is 11.9 Å². The molecule has 144 valence electrons. The van der Waals surface area contributed by atoms with Crippen molar-refractivity contribution in [3.63, 3.8) is 0 Å². The Morgan fingerprint density at radius 2 is 1.73 bits per heavy atom. The first-order valence-corrected chi connectivity index (χ1v) is 10.0. The normalized spacial score (nSPS) is 33.8. The summed E-state index contributed by atoms with van der Waals surface area (Å²) in [6.45, 7) is 0.947. The molecule has 4 aliphatic rings. The van der Waals surface area contributed by atoms with Crippen LogP contribution in [0.4, 0.5) is 0 Å². The van der Waals surface area contributed by atoms with Crippen LogP contribution in [0.1, 0.15) is 57.8 Å². The molecule has 0 aromatic heterocycles. The third kappa shape index (κ3) is 5.00. The smallest absolute Gasteiger partial charge is 0.305 e. The molecule has 6 heteroatoms. The number of ether oxygens (including phenoxy) is 4. The largest absolute Gasteiger partial charge is 0.483 e. The second-order valence-corrected chi connectivity index (χ2v) is 7.98. The summed E-state index contributed by atoms with van der Waals surface area (Å²) in [5, 5.41) is 0. The Morgan fingerprint density at radius 3 is 2.46 bits per heavy atom. The van der Waals surface area contributed by atoms with Gasteiger partial charge in [0.25, 0.3) is 0 Å². The highest BCUT2D eigenvalue weighted by molar-refractivity contribution is 5.70. The third-order valence-electron chi connectivity index (χ3n) is 5.80. The monoisotopic (exact) mass is 364 g/mol. The Kier molecular flexibility index (Phi) is 5.48. The minimum absolute atomic E-state index is 0.162. The van der Waals surface area contributed by atoms with Crippen LogP contribution < -0.4 is 0 Å². The third-order valence-corrected chi connectivity index (χ3v) is 5.80. The first kappa shape index (κ1) is 17.8. The number of epoxide rings is 2. The fourth-order valence-corrected chi connectivity index (χ4v) is 4.02. The fourth-order valence-electron chi connectivity index (χ4n) is 4.02. The minimum atomic E-state index is -0.184. The Bertz CT molecular complexity index is 571. The van der Waals surface area contributed by atoms with Crippen molar-refractivity contribution in [2.24, 2.45) is 11.8 Å². The second-order valence-electron chi connectivity index (χ2n) is 7.98. The molecule has 2 heterocycles. The highest BCUT2D eigenvalue weighted by Crippen LogP contribution is 2.39. The summed E-state index contributed by atoms with van der Waals surface area (Å²) >= 11 is 0. The summed E-state index contributed by atoms with van der Waals surface area (Å²) in [5.74, 6) is 1.46. The summed E-state index contributed by atoms with van der Waals surface area (Å²) in [4.78, 5) is 23.6. The van der Waals surface area contributed by atoms with Gasteiger partial charge >= 0.3 is 11.9 Å². The van der Waals surface area contributed by atoms with Crippen LogP contribution >= 0.6 is 0 Å².